The molecule has 0 heterocycles. The Balaban J connectivity index is 1.55. The number of hydrogen-bond acceptors (Lipinski definition) is 6. The quantitative estimate of drug-likeness (QED) is 0.284. The van der Waals surface area contributed by atoms with Gasteiger partial charge in [-0.15, -0.1) is 11.8 Å². The van der Waals surface area contributed by atoms with Gasteiger partial charge < -0.3 is 15.4 Å². The van der Waals surface area contributed by atoms with E-state index in [0.717, 1.165) is 4.90 Å². The van der Waals surface area contributed by atoms with Crippen molar-refractivity contribution in [1.82, 2.24) is 0 Å². The summed E-state index contributed by atoms with van der Waals surface area (Å²) in [6.07, 6.45) is 0. The lowest BCUT2D eigenvalue weighted by molar-refractivity contribution is -0.384. The van der Waals surface area contributed by atoms with Gasteiger partial charge in [-0.05, 0) is 55.5 Å². The monoisotopic (exact) mass is 451 g/mol. The van der Waals surface area contributed by atoms with E-state index >= 15 is 0 Å². The number of nitro groups is 1. The van der Waals surface area contributed by atoms with Crippen LogP contribution in [0.5, 0.6) is 5.75 Å². The van der Waals surface area contributed by atoms with Crippen molar-refractivity contribution in [2.45, 2.75) is 17.1 Å². The molecule has 0 radical (unpaired) electrons. The maximum absolute atomic E-state index is 12.5. The van der Waals surface area contributed by atoms with Crippen molar-refractivity contribution < 1.29 is 19.2 Å². The zero-order valence-corrected chi connectivity index (χ0v) is 18.2. The van der Waals surface area contributed by atoms with E-state index in [-0.39, 0.29) is 22.8 Å². The second-order valence-electron chi connectivity index (χ2n) is 6.76. The molecular weight excluding hydrogens is 430 g/mol. The minimum atomic E-state index is -0.518. The van der Waals surface area contributed by atoms with Gasteiger partial charge in [0.1, 0.15) is 5.75 Å². The number of nitrogens with one attached hydrogen (secondary N) is 2. The van der Waals surface area contributed by atoms with Crippen LogP contribution in [0.2, 0.25) is 0 Å². The Labute approximate surface area is 189 Å². The average molecular weight is 452 g/mol. The number of benzene rings is 3. The molecule has 2 N–H and O–H groups in total. The molecule has 0 saturated carbocycles. The summed E-state index contributed by atoms with van der Waals surface area (Å²) in [5.41, 5.74) is 1.47. The zero-order valence-electron chi connectivity index (χ0n) is 17.4. The first-order valence-electron chi connectivity index (χ1n) is 9.63. The molecule has 0 spiro atoms. The van der Waals surface area contributed by atoms with Gasteiger partial charge in [-0.1, -0.05) is 6.07 Å². The number of nitro benzene ring substituents is 1. The first-order chi connectivity index (χ1) is 15.4. The molecule has 1 atom stereocenters. The standard InChI is InChI=1S/C23H21N3O5S/c1-15(22(27)25-18-4-3-5-20(14-18)31-2)32-21-12-8-17(9-13-21)24-23(28)16-6-10-19(11-7-16)26(29)30/h3-15H,1-2H3,(H,24,28)(H,25,27). The molecule has 3 rings (SSSR count). The number of nitrogens with zero attached hydrogens (tertiary/aromatic N) is 1. The smallest absolute Gasteiger partial charge is 0.269 e. The number of anilines is 2. The third-order valence-electron chi connectivity index (χ3n) is 4.47. The van der Waals surface area contributed by atoms with E-state index in [1.807, 2.05) is 19.1 Å². The third kappa shape index (κ3) is 6.08. The van der Waals surface area contributed by atoms with Gasteiger partial charge in [0, 0.05) is 40.0 Å². The van der Waals surface area contributed by atoms with Gasteiger partial charge in [0.15, 0.2) is 0 Å². The first kappa shape index (κ1) is 22.8. The Bertz CT molecular complexity index is 1120. The lowest BCUT2D eigenvalue weighted by Gasteiger charge is -2.13. The van der Waals surface area contributed by atoms with E-state index in [9.17, 15) is 19.7 Å². The number of carbonyl (C=O) groups excluding carboxylic acids is 2. The van der Waals surface area contributed by atoms with Crippen molar-refractivity contribution in [1.29, 1.82) is 0 Å². The molecule has 0 fully saturated rings. The molecular formula is C23H21N3O5S. The summed E-state index contributed by atoms with van der Waals surface area (Å²) in [6, 6.07) is 19.6. The molecule has 0 aliphatic carbocycles. The summed E-state index contributed by atoms with van der Waals surface area (Å²) in [4.78, 5) is 35.9. The van der Waals surface area contributed by atoms with Crippen molar-refractivity contribution in [3.8, 4) is 5.75 Å². The van der Waals surface area contributed by atoms with Crippen LogP contribution in [0.25, 0.3) is 0 Å². The summed E-state index contributed by atoms with van der Waals surface area (Å²) >= 11 is 1.39. The highest BCUT2D eigenvalue weighted by Crippen LogP contribution is 2.26. The van der Waals surface area contributed by atoms with Crippen molar-refractivity contribution in [2.75, 3.05) is 17.7 Å². The van der Waals surface area contributed by atoms with Gasteiger partial charge in [-0.25, -0.2) is 0 Å². The fourth-order valence-corrected chi connectivity index (χ4v) is 3.62. The summed E-state index contributed by atoms with van der Waals surface area (Å²) in [7, 11) is 1.57. The van der Waals surface area contributed by atoms with Crippen molar-refractivity contribution in [3.63, 3.8) is 0 Å². The number of hydrogen-bond donors (Lipinski definition) is 2. The Hall–Kier alpha value is -3.85. The largest absolute Gasteiger partial charge is 0.497 e. The molecule has 1 unspecified atom stereocenters. The predicted octanol–water partition coefficient (Wildman–Crippen LogP) is 4.98. The third-order valence-corrected chi connectivity index (χ3v) is 5.58. The molecule has 164 valence electrons. The normalized spacial score (nSPS) is 11.3. The fourth-order valence-electron chi connectivity index (χ4n) is 2.76. The Morgan fingerprint density at radius 3 is 2.28 bits per heavy atom. The Kier molecular flexibility index (Phi) is 7.45. The van der Waals surface area contributed by atoms with Gasteiger partial charge in [0.05, 0.1) is 17.3 Å². The van der Waals surface area contributed by atoms with Crippen molar-refractivity contribution in [2.24, 2.45) is 0 Å². The van der Waals surface area contributed by atoms with Crippen LogP contribution in [0.1, 0.15) is 17.3 Å². The molecule has 2 amide bonds. The van der Waals surface area contributed by atoms with Gasteiger partial charge in [-0.2, -0.15) is 0 Å². The highest BCUT2D eigenvalue weighted by Gasteiger charge is 2.15. The molecule has 0 bridgehead atoms. The number of amides is 2. The summed E-state index contributed by atoms with van der Waals surface area (Å²) in [5, 5.41) is 16.0. The van der Waals surface area contributed by atoms with E-state index in [4.69, 9.17) is 4.74 Å². The topological polar surface area (TPSA) is 111 Å². The Morgan fingerprint density at radius 2 is 1.66 bits per heavy atom. The maximum Gasteiger partial charge on any atom is 0.269 e. The number of methoxy groups -OCH3 is 1. The zero-order chi connectivity index (χ0) is 23.1. The van der Waals surface area contributed by atoms with E-state index in [2.05, 4.69) is 10.6 Å². The van der Waals surface area contributed by atoms with Gasteiger partial charge in [0.25, 0.3) is 11.6 Å². The lowest BCUT2D eigenvalue weighted by atomic mass is 10.2. The fraction of sp³-hybridized carbons (Fsp3) is 0.130. The highest BCUT2D eigenvalue weighted by molar-refractivity contribution is 8.00. The van der Waals surface area contributed by atoms with Gasteiger partial charge in [0.2, 0.25) is 5.91 Å². The van der Waals surface area contributed by atoms with Crippen molar-refractivity contribution in [3.05, 3.63) is 88.5 Å². The molecule has 8 nitrogen and oxygen atoms in total. The molecule has 32 heavy (non-hydrogen) atoms. The van der Waals surface area contributed by atoms with Crippen LogP contribution >= 0.6 is 11.8 Å². The second-order valence-corrected chi connectivity index (χ2v) is 8.18. The summed E-state index contributed by atoms with van der Waals surface area (Å²) in [6.45, 7) is 1.81. The minimum Gasteiger partial charge on any atom is -0.497 e. The van der Waals surface area contributed by atoms with Crippen molar-refractivity contribution >= 4 is 40.6 Å². The van der Waals surface area contributed by atoms with E-state index in [1.54, 1.807) is 43.5 Å². The molecule has 3 aromatic carbocycles. The highest BCUT2D eigenvalue weighted by atomic mass is 32.2. The number of ether oxygens (including phenoxy) is 1. The molecule has 0 aliphatic rings. The van der Waals surface area contributed by atoms with Crippen LogP contribution in [0.3, 0.4) is 0 Å². The van der Waals surface area contributed by atoms with Crippen LogP contribution < -0.4 is 15.4 Å². The maximum atomic E-state index is 12.5. The number of non-ortho nitro benzene ring substituents is 1. The van der Waals surface area contributed by atoms with Crippen LogP contribution in [0, 0.1) is 10.1 Å². The van der Waals surface area contributed by atoms with Crippen LogP contribution in [-0.2, 0) is 4.79 Å². The second kappa shape index (κ2) is 10.5. The number of rotatable bonds is 8. The Morgan fingerprint density at radius 1 is 0.969 bits per heavy atom. The molecule has 3 aromatic rings. The minimum absolute atomic E-state index is 0.0764. The summed E-state index contributed by atoms with van der Waals surface area (Å²) < 4.78 is 5.16. The van der Waals surface area contributed by atoms with E-state index in [0.29, 0.717) is 22.7 Å². The van der Waals surface area contributed by atoms with Crippen LogP contribution in [0.4, 0.5) is 17.1 Å². The van der Waals surface area contributed by atoms with Gasteiger partial charge in [-0.3, -0.25) is 19.7 Å². The molecule has 0 aliphatic heterocycles. The van der Waals surface area contributed by atoms with Crippen LogP contribution in [0.15, 0.2) is 77.7 Å². The predicted molar refractivity (Wildman–Crippen MR) is 124 cm³/mol. The number of carbonyl (C=O) groups is 2. The molecule has 0 saturated heterocycles. The average Bonchev–Trinajstić information content (AvgIpc) is 2.80. The van der Waals surface area contributed by atoms with Crippen LogP contribution in [-0.4, -0.2) is 29.1 Å². The van der Waals surface area contributed by atoms with E-state index < -0.39 is 4.92 Å². The lowest BCUT2D eigenvalue weighted by Crippen LogP contribution is -2.22. The molecule has 9 heteroatoms. The first-order valence-corrected chi connectivity index (χ1v) is 10.5. The number of thioether (sulfide) groups is 1. The van der Waals surface area contributed by atoms with Gasteiger partial charge >= 0.3 is 0 Å². The SMILES string of the molecule is COc1cccc(NC(=O)C(C)Sc2ccc(NC(=O)c3ccc([N+](=O)[O-])cc3)cc2)c1. The van der Waals surface area contributed by atoms with E-state index in [1.165, 1.54) is 36.0 Å². The molecule has 0 aromatic heterocycles. The summed E-state index contributed by atoms with van der Waals surface area (Å²) in [5.74, 6) is 0.152.